The van der Waals surface area contributed by atoms with E-state index in [1.807, 2.05) is 45.0 Å². The van der Waals surface area contributed by atoms with Crippen LogP contribution in [-0.4, -0.2) is 67.7 Å². The molecule has 14 heteroatoms. The Bertz CT molecular complexity index is 1470. The van der Waals surface area contributed by atoms with Crippen molar-refractivity contribution in [2.75, 3.05) is 18.0 Å². The Morgan fingerprint density at radius 1 is 1.06 bits per heavy atom. The number of ether oxygens (including phenoxy) is 2. The second kappa shape index (κ2) is 18.4. The summed E-state index contributed by atoms with van der Waals surface area (Å²) < 4.78 is 13.6. The van der Waals surface area contributed by atoms with Crippen LogP contribution >= 0.6 is 23.5 Å². The second-order valence-electron chi connectivity index (χ2n) is 13.5. The lowest BCUT2D eigenvalue weighted by Crippen LogP contribution is -2.47. The van der Waals surface area contributed by atoms with E-state index in [2.05, 4.69) is 9.70 Å². The highest BCUT2D eigenvalue weighted by Gasteiger charge is 2.31. The number of carbonyl (C=O) groups is 5. The number of halogens is 1. The van der Waals surface area contributed by atoms with Gasteiger partial charge in [-0.25, -0.2) is 9.59 Å². The third kappa shape index (κ3) is 12.4. The van der Waals surface area contributed by atoms with Crippen molar-refractivity contribution in [1.29, 1.82) is 0 Å². The number of rotatable bonds is 12. The lowest BCUT2D eigenvalue weighted by atomic mass is 9.86. The van der Waals surface area contributed by atoms with Gasteiger partial charge in [-0.05, 0) is 80.4 Å². The van der Waals surface area contributed by atoms with Crippen LogP contribution in [0.15, 0.2) is 48.5 Å². The van der Waals surface area contributed by atoms with Crippen molar-refractivity contribution >= 4 is 68.1 Å². The highest BCUT2D eigenvalue weighted by atomic mass is 35.5. The van der Waals surface area contributed by atoms with Gasteiger partial charge in [-0.15, -0.1) is 0 Å². The Labute approximate surface area is 299 Å². The summed E-state index contributed by atoms with van der Waals surface area (Å²) in [5.41, 5.74) is 1.62. The summed E-state index contributed by atoms with van der Waals surface area (Å²) in [6.07, 6.45) is 4.88. The zero-order valence-electron chi connectivity index (χ0n) is 28.5. The summed E-state index contributed by atoms with van der Waals surface area (Å²) >= 11 is 7.01. The average molecular weight is 731 g/mol. The van der Waals surface area contributed by atoms with E-state index < -0.39 is 32.0 Å². The van der Waals surface area contributed by atoms with Crippen molar-refractivity contribution < 1.29 is 33.4 Å². The zero-order valence-corrected chi connectivity index (χ0v) is 31.2. The van der Waals surface area contributed by atoms with Crippen molar-refractivity contribution in [2.45, 2.75) is 95.8 Å². The number of carbonyl (C=O) groups excluding carboxylic acids is 5. The predicted octanol–water partition coefficient (Wildman–Crippen LogP) is 6.34. The molecule has 1 aliphatic carbocycles. The van der Waals surface area contributed by atoms with Crippen LogP contribution in [0.2, 0.25) is 11.1 Å². The molecule has 0 unspecified atom stereocenters. The average Bonchev–Trinajstić information content (AvgIpc) is 3.27. The quantitative estimate of drug-likeness (QED) is 0.147. The maximum atomic E-state index is 13.6. The van der Waals surface area contributed by atoms with E-state index in [1.165, 1.54) is 6.42 Å². The van der Waals surface area contributed by atoms with Gasteiger partial charge < -0.3 is 29.1 Å². The van der Waals surface area contributed by atoms with Crippen molar-refractivity contribution in [1.82, 2.24) is 14.6 Å². The molecule has 266 valence electrons. The van der Waals surface area contributed by atoms with Crippen LogP contribution in [0.5, 0.6) is 0 Å². The van der Waals surface area contributed by atoms with Gasteiger partial charge in [0, 0.05) is 30.2 Å². The molecule has 0 saturated heterocycles. The Hall–Kier alpha value is -3.55. The molecule has 0 spiro atoms. The molecule has 49 heavy (non-hydrogen) atoms. The minimum Gasteiger partial charge on any atom is -0.444 e. The molecule has 1 aliphatic heterocycles. The lowest BCUT2D eigenvalue weighted by molar-refractivity contribution is -0.120. The Balaban J connectivity index is 1.34. The molecule has 11 nitrogen and oxygen atoms in total. The molecule has 2 aromatic rings. The standard InChI is InChI=1S/C35H47ClN4O7SSi/c1-35(2,3)47-34(45)39-17-18-40(29-15-8-7-13-27(29)22-39)31(42)16-19-49(24-41)38-32(43)30(21-25-10-5-4-6-11-25)48-37-33(44)46-23-26-12-9-14-28(36)20-26/h7-9,12-15,20,24-25,30,49H,4-6,10-11,16-19,21-23H2,1-3H3,(H,37,44)(H,38,43)/t30-,49-/m0/s1. The Morgan fingerprint density at radius 3 is 2.53 bits per heavy atom. The van der Waals surface area contributed by atoms with Crippen molar-refractivity contribution in [3.8, 4) is 0 Å². The summed E-state index contributed by atoms with van der Waals surface area (Å²) in [6, 6.07) is 14.7. The first kappa shape index (κ1) is 38.3. The molecular weight excluding hydrogens is 684 g/mol. The maximum Gasteiger partial charge on any atom is 0.417 e. The first-order valence-electron chi connectivity index (χ1n) is 16.9. The van der Waals surface area contributed by atoms with Crippen LogP contribution in [0, 0.1) is 5.92 Å². The van der Waals surface area contributed by atoms with Gasteiger partial charge in [0.15, 0.2) is 0 Å². The third-order valence-corrected chi connectivity index (χ3v) is 11.6. The van der Waals surface area contributed by atoms with Crippen LogP contribution in [0.1, 0.15) is 76.8 Å². The SMILES string of the molecule is CC(C)(C)OC(=O)N1CCN(C(=O)CC[Si@@H](C=O)NC(=O)[C@H](CC2CCCCC2)SNC(=O)OCc2cccc(Cl)c2)c2ccccc2C1. The summed E-state index contributed by atoms with van der Waals surface area (Å²) in [6.45, 7) is 6.32. The van der Waals surface area contributed by atoms with Crippen molar-refractivity contribution in [3.63, 3.8) is 0 Å². The number of anilines is 1. The fourth-order valence-electron chi connectivity index (χ4n) is 6.00. The maximum absolute atomic E-state index is 13.6. The van der Waals surface area contributed by atoms with Gasteiger partial charge in [0.25, 0.3) is 0 Å². The zero-order chi connectivity index (χ0) is 35.4. The molecule has 2 aromatic carbocycles. The van der Waals surface area contributed by atoms with Crippen molar-refractivity contribution in [2.24, 2.45) is 5.92 Å². The van der Waals surface area contributed by atoms with Crippen LogP contribution in [-0.2, 0) is 37.0 Å². The normalized spacial score (nSPS) is 16.4. The molecule has 0 bridgehead atoms. The smallest absolute Gasteiger partial charge is 0.417 e. The fourth-order valence-corrected chi connectivity index (χ4v) is 8.65. The molecule has 1 fully saturated rings. The van der Waals surface area contributed by atoms with Gasteiger partial charge in [0.2, 0.25) is 20.8 Å². The van der Waals surface area contributed by atoms with Crippen LogP contribution < -0.4 is 14.6 Å². The summed E-state index contributed by atoms with van der Waals surface area (Å²) in [4.78, 5) is 70.9. The van der Waals surface area contributed by atoms with Gasteiger partial charge in [-0.3, -0.25) is 14.3 Å². The van der Waals surface area contributed by atoms with E-state index >= 15 is 0 Å². The van der Waals surface area contributed by atoms with E-state index in [0.29, 0.717) is 29.6 Å². The fraction of sp³-hybridized carbons (Fsp3) is 0.514. The number of fused-ring (bicyclic) bond motifs is 1. The minimum absolute atomic E-state index is 0.0289. The van der Waals surface area contributed by atoms with E-state index in [9.17, 15) is 24.0 Å². The largest absolute Gasteiger partial charge is 0.444 e. The molecule has 4 rings (SSSR count). The number of hydrogen-bond donors (Lipinski definition) is 2. The number of nitrogens with zero attached hydrogens (tertiary/aromatic N) is 2. The monoisotopic (exact) mass is 730 g/mol. The second-order valence-corrected chi connectivity index (χ2v) is 17.3. The molecule has 2 N–H and O–H groups in total. The summed E-state index contributed by atoms with van der Waals surface area (Å²) in [7, 11) is -2.54. The van der Waals surface area contributed by atoms with Gasteiger partial charge in [0.1, 0.15) is 23.4 Å². The molecule has 1 saturated carbocycles. The molecule has 0 radical (unpaired) electrons. The summed E-state index contributed by atoms with van der Waals surface area (Å²) in [5, 5.41) is -0.0828. The van der Waals surface area contributed by atoms with Gasteiger partial charge in [-0.2, -0.15) is 0 Å². The number of amides is 4. The number of benzene rings is 2. The number of hydrogen-bond acceptors (Lipinski definition) is 8. The molecule has 0 aromatic heterocycles. The van der Waals surface area contributed by atoms with Crippen LogP contribution in [0.3, 0.4) is 0 Å². The predicted molar refractivity (Wildman–Crippen MR) is 194 cm³/mol. The topological polar surface area (TPSA) is 134 Å². The van der Waals surface area contributed by atoms with E-state index in [4.69, 9.17) is 21.1 Å². The molecule has 1 heterocycles. The Morgan fingerprint density at radius 2 is 1.82 bits per heavy atom. The first-order chi connectivity index (χ1) is 23.4. The molecule has 2 atom stereocenters. The van der Waals surface area contributed by atoms with Gasteiger partial charge >= 0.3 is 12.2 Å². The lowest BCUT2D eigenvalue weighted by Gasteiger charge is -2.27. The van der Waals surface area contributed by atoms with Gasteiger partial charge in [0.05, 0.1) is 6.54 Å². The number of para-hydroxylation sites is 1. The molecule has 2 aliphatic rings. The van der Waals surface area contributed by atoms with Crippen LogP contribution in [0.4, 0.5) is 15.3 Å². The number of nitrogens with one attached hydrogen (secondary N) is 2. The first-order valence-corrected chi connectivity index (χ1v) is 20.2. The highest BCUT2D eigenvalue weighted by Crippen LogP contribution is 2.31. The van der Waals surface area contributed by atoms with E-state index in [0.717, 1.165) is 54.7 Å². The minimum atomic E-state index is -2.54. The van der Waals surface area contributed by atoms with Crippen LogP contribution in [0.25, 0.3) is 0 Å². The van der Waals surface area contributed by atoms with E-state index in [-0.39, 0.29) is 44.0 Å². The molecular formula is C35H47ClN4O7SSi. The third-order valence-electron chi connectivity index (χ3n) is 8.46. The van der Waals surface area contributed by atoms with E-state index in [1.54, 1.807) is 34.1 Å². The molecule has 4 amide bonds. The highest BCUT2D eigenvalue weighted by molar-refractivity contribution is 7.99. The summed E-state index contributed by atoms with van der Waals surface area (Å²) in [5.74, 6) is 0.600. The van der Waals surface area contributed by atoms with Gasteiger partial charge in [-0.1, -0.05) is 74.0 Å². The Kier molecular flexibility index (Phi) is 14.4. The van der Waals surface area contributed by atoms with Crippen molar-refractivity contribution in [3.05, 3.63) is 64.7 Å².